The molecule has 1 heterocycles. The number of hydrogen-bond acceptors (Lipinski definition) is 6. The maximum absolute atomic E-state index is 13.5. The molecule has 1 aliphatic rings. The molecule has 1 N–H and O–H groups in total. The van der Waals surface area contributed by atoms with Crippen LogP contribution in [0.3, 0.4) is 0 Å². The molecule has 9 nitrogen and oxygen atoms in total. The molecule has 0 radical (unpaired) electrons. The number of carbonyl (C=O) groups is 2. The number of hydrogen-bond donors (Lipinski definition) is 1. The number of para-hydroxylation sites is 1. The smallest absolute Gasteiger partial charge is 0.247 e. The Kier molecular flexibility index (Phi) is 7.74. The van der Waals surface area contributed by atoms with Crippen LogP contribution < -0.4 is 10.1 Å². The maximum Gasteiger partial charge on any atom is 0.247 e. The first kappa shape index (κ1) is 24.4. The van der Waals surface area contributed by atoms with Crippen molar-refractivity contribution in [3.63, 3.8) is 0 Å². The number of tetrazole rings is 1. The fourth-order valence-corrected chi connectivity index (χ4v) is 4.33. The van der Waals surface area contributed by atoms with Crippen LogP contribution in [0.2, 0.25) is 0 Å². The Labute approximate surface area is 205 Å². The minimum absolute atomic E-state index is 0.130. The zero-order valence-corrected chi connectivity index (χ0v) is 20.5. The second kappa shape index (κ2) is 11.1. The molecule has 1 atom stereocenters. The molecule has 4 rings (SSSR count). The molecule has 184 valence electrons. The normalized spacial score (nSPS) is 14.5. The second-order valence-electron chi connectivity index (χ2n) is 9.01. The molecule has 0 saturated heterocycles. The summed E-state index contributed by atoms with van der Waals surface area (Å²) in [5.74, 6) is 0.667. The molecular formula is C26H32N6O3. The van der Waals surface area contributed by atoms with E-state index in [0.717, 1.165) is 42.4 Å². The predicted octanol–water partition coefficient (Wildman–Crippen LogP) is 3.13. The number of carbonyl (C=O) groups excluding carboxylic acids is 2. The molecule has 0 bridgehead atoms. The highest BCUT2D eigenvalue weighted by molar-refractivity contribution is 5.87. The highest BCUT2D eigenvalue weighted by atomic mass is 16.5. The Hall–Kier alpha value is -3.75. The number of methoxy groups -OCH3 is 1. The van der Waals surface area contributed by atoms with Crippen LogP contribution in [0.5, 0.6) is 5.75 Å². The van der Waals surface area contributed by atoms with Gasteiger partial charge in [0.15, 0.2) is 0 Å². The molecule has 9 heteroatoms. The number of aromatic nitrogens is 4. The van der Waals surface area contributed by atoms with E-state index in [2.05, 4.69) is 20.7 Å². The van der Waals surface area contributed by atoms with E-state index in [1.165, 1.54) is 4.80 Å². The fourth-order valence-electron chi connectivity index (χ4n) is 4.33. The monoisotopic (exact) mass is 476 g/mol. The van der Waals surface area contributed by atoms with Gasteiger partial charge in [0.05, 0.1) is 13.7 Å². The van der Waals surface area contributed by atoms with Gasteiger partial charge < -0.3 is 15.0 Å². The third-order valence-electron chi connectivity index (χ3n) is 6.44. The molecule has 0 spiro atoms. The van der Waals surface area contributed by atoms with Crippen molar-refractivity contribution in [2.75, 3.05) is 7.11 Å². The van der Waals surface area contributed by atoms with Gasteiger partial charge in [-0.25, -0.2) is 0 Å². The minimum Gasteiger partial charge on any atom is -0.496 e. The van der Waals surface area contributed by atoms with Crippen molar-refractivity contribution in [3.8, 4) is 17.1 Å². The lowest BCUT2D eigenvalue weighted by Gasteiger charge is -2.30. The van der Waals surface area contributed by atoms with E-state index in [4.69, 9.17) is 4.74 Å². The van der Waals surface area contributed by atoms with Gasteiger partial charge in [-0.1, -0.05) is 60.9 Å². The first-order valence-corrected chi connectivity index (χ1v) is 12.0. The van der Waals surface area contributed by atoms with E-state index in [0.29, 0.717) is 11.6 Å². The average molecular weight is 477 g/mol. The zero-order valence-electron chi connectivity index (χ0n) is 20.5. The number of amides is 2. The third-order valence-corrected chi connectivity index (χ3v) is 6.44. The zero-order chi connectivity index (χ0) is 24.8. The standard InChI is InChI=1S/C26H32N6O3/c1-18-12-14-20(15-13-18)25-28-30-32(29-25)17-24(33)31(16-21-8-4-7-11-23(21)35-3)19(2)26(34)27-22-9-5-6-10-22/h4,7-8,11-15,19,22H,5-6,9-10,16-17H2,1-3H3,(H,27,34). The Morgan fingerprint density at radius 2 is 1.86 bits per heavy atom. The van der Waals surface area contributed by atoms with Gasteiger partial charge in [0, 0.05) is 17.2 Å². The first-order valence-electron chi connectivity index (χ1n) is 12.0. The first-order chi connectivity index (χ1) is 16.9. The molecule has 35 heavy (non-hydrogen) atoms. The van der Waals surface area contributed by atoms with Gasteiger partial charge in [-0.15, -0.1) is 10.2 Å². The molecule has 1 unspecified atom stereocenters. The van der Waals surface area contributed by atoms with Crippen LogP contribution in [0.25, 0.3) is 11.4 Å². The Morgan fingerprint density at radius 3 is 2.57 bits per heavy atom. The van der Waals surface area contributed by atoms with Gasteiger partial charge >= 0.3 is 0 Å². The summed E-state index contributed by atoms with van der Waals surface area (Å²) in [6.07, 6.45) is 4.18. The summed E-state index contributed by atoms with van der Waals surface area (Å²) >= 11 is 0. The van der Waals surface area contributed by atoms with Gasteiger partial charge in [-0.2, -0.15) is 4.80 Å². The van der Waals surface area contributed by atoms with Crippen LogP contribution >= 0.6 is 0 Å². The quantitative estimate of drug-likeness (QED) is 0.509. The van der Waals surface area contributed by atoms with Crippen molar-refractivity contribution in [3.05, 3.63) is 59.7 Å². The number of aryl methyl sites for hydroxylation is 1. The Morgan fingerprint density at radius 1 is 1.14 bits per heavy atom. The fraction of sp³-hybridized carbons (Fsp3) is 0.423. The number of benzene rings is 2. The van der Waals surface area contributed by atoms with Crippen LogP contribution in [-0.2, 0) is 22.7 Å². The molecule has 2 aromatic carbocycles. The van der Waals surface area contributed by atoms with E-state index in [1.54, 1.807) is 18.9 Å². The topological polar surface area (TPSA) is 102 Å². The van der Waals surface area contributed by atoms with Crippen molar-refractivity contribution in [1.82, 2.24) is 30.4 Å². The molecule has 1 aromatic heterocycles. The molecule has 2 amide bonds. The molecular weight excluding hydrogens is 444 g/mol. The summed E-state index contributed by atoms with van der Waals surface area (Å²) in [6, 6.07) is 14.8. The number of nitrogens with one attached hydrogen (secondary N) is 1. The van der Waals surface area contributed by atoms with Crippen molar-refractivity contribution in [2.24, 2.45) is 0 Å². The maximum atomic E-state index is 13.5. The highest BCUT2D eigenvalue weighted by Crippen LogP contribution is 2.22. The lowest BCUT2D eigenvalue weighted by Crippen LogP contribution is -2.50. The van der Waals surface area contributed by atoms with Crippen LogP contribution in [0.15, 0.2) is 48.5 Å². The van der Waals surface area contributed by atoms with Crippen LogP contribution in [0.1, 0.15) is 43.7 Å². The van der Waals surface area contributed by atoms with E-state index < -0.39 is 6.04 Å². The van der Waals surface area contributed by atoms with Crippen molar-refractivity contribution in [2.45, 2.75) is 64.7 Å². The third kappa shape index (κ3) is 6.03. The molecule has 1 saturated carbocycles. The summed E-state index contributed by atoms with van der Waals surface area (Å²) in [7, 11) is 1.59. The van der Waals surface area contributed by atoms with E-state index >= 15 is 0 Å². The van der Waals surface area contributed by atoms with E-state index in [9.17, 15) is 9.59 Å². The minimum atomic E-state index is -0.673. The van der Waals surface area contributed by atoms with Crippen molar-refractivity contribution >= 4 is 11.8 Å². The van der Waals surface area contributed by atoms with Crippen molar-refractivity contribution < 1.29 is 14.3 Å². The van der Waals surface area contributed by atoms with Gasteiger partial charge in [0.1, 0.15) is 18.3 Å². The Bertz CT molecular complexity index is 1150. The number of ether oxygens (including phenoxy) is 1. The summed E-state index contributed by atoms with van der Waals surface area (Å²) in [5.41, 5.74) is 2.77. The Balaban J connectivity index is 1.53. The van der Waals surface area contributed by atoms with Gasteiger partial charge in [-0.3, -0.25) is 9.59 Å². The van der Waals surface area contributed by atoms with E-state index in [1.807, 2.05) is 55.5 Å². The summed E-state index contributed by atoms with van der Waals surface area (Å²) < 4.78 is 5.47. The van der Waals surface area contributed by atoms with Crippen LogP contribution in [0, 0.1) is 6.92 Å². The van der Waals surface area contributed by atoms with Crippen LogP contribution in [-0.4, -0.2) is 56.1 Å². The predicted molar refractivity (Wildman–Crippen MR) is 131 cm³/mol. The lowest BCUT2D eigenvalue weighted by molar-refractivity contribution is -0.141. The lowest BCUT2D eigenvalue weighted by atomic mass is 10.1. The second-order valence-corrected chi connectivity index (χ2v) is 9.01. The molecule has 1 aliphatic carbocycles. The van der Waals surface area contributed by atoms with Crippen molar-refractivity contribution in [1.29, 1.82) is 0 Å². The van der Waals surface area contributed by atoms with Gasteiger partial charge in [0.25, 0.3) is 0 Å². The van der Waals surface area contributed by atoms with Gasteiger partial charge in [-0.05, 0) is 38.0 Å². The largest absolute Gasteiger partial charge is 0.496 e. The summed E-state index contributed by atoms with van der Waals surface area (Å²) in [4.78, 5) is 29.4. The highest BCUT2D eigenvalue weighted by Gasteiger charge is 2.29. The molecule has 3 aromatic rings. The average Bonchev–Trinajstić information content (AvgIpc) is 3.55. The SMILES string of the molecule is COc1ccccc1CN(C(=O)Cn1nnc(-c2ccc(C)cc2)n1)C(C)C(=O)NC1CCCC1. The molecule has 1 fully saturated rings. The van der Waals surface area contributed by atoms with Gasteiger partial charge in [0.2, 0.25) is 17.6 Å². The molecule has 0 aliphatic heterocycles. The van der Waals surface area contributed by atoms with Crippen LogP contribution in [0.4, 0.5) is 0 Å². The number of nitrogens with zero attached hydrogens (tertiary/aromatic N) is 5. The summed E-state index contributed by atoms with van der Waals surface area (Å²) in [5, 5.41) is 15.7. The summed E-state index contributed by atoms with van der Waals surface area (Å²) in [6.45, 7) is 3.86. The number of rotatable bonds is 9. The van der Waals surface area contributed by atoms with E-state index in [-0.39, 0.29) is 30.9 Å².